The van der Waals surface area contributed by atoms with Crippen molar-refractivity contribution in [3.8, 4) is 0 Å². The summed E-state index contributed by atoms with van der Waals surface area (Å²) in [5.74, 6) is -3.02. The van der Waals surface area contributed by atoms with Gasteiger partial charge in [0, 0.05) is 6.54 Å². The summed E-state index contributed by atoms with van der Waals surface area (Å²) in [5.41, 5.74) is -0.634. The number of ether oxygens (including phenoxy) is 2. The standard InChI is InChI=1S/C23H29N5O6/c1-4-33-21(32)17-16-20(31)27(9-10-29)18(23(16)11-13(2)22(17,3)34-23)19(30)24-12-28-15-8-6-5-7-14(15)25-26-28/h5-8,13,16-18,29H,4,9-12H2,1-3H3,(H,24,30)/t13?,16-,17+,18?,22-,23?/m0/s1. The minimum Gasteiger partial charge on any atom is -0.466 e. The molecule has 3 fully saturated rings. The number of carbonyl (C=O) groups excluding carboxylic acids is 3. The molecule has 3 aliphatic heterocycles. The molecule has 6 atom stereocenters. The van der Waals surface area contributed by atoms with Crippen LogP contribution in [0.15, 0.2) is 24.3 Å². The number of fused-ring (bicyclic) bond motifs is 2. The smallest absolute Gasteiger partial charge is 0.312 e. The van der Waals surface area contributed by atoms with Gasteiger partial charge >= 0.3 is 5.97 Å². The maximum atomic E-state index is 13.6. The summed E-state index contributed by atoms with van der Waals surface area (Å²) >= 11 is 0. The Morgan fingerprint density at radius 2 is 2.12 bits per heavy atom. The van der Waals surface area contributed by atoms with Crippen LogP contribution in [0.5, 0.6) is 0 Å². The lowest BCUT2D eigenvalue weighted by Gasteiger charge is -2.35. The van der Waals surface area contributed by atoms with Gasteiger partial charge in [-0.1, -0.05) is 24.3 Å². The van der Waals surface area contributed by atoms with Crippen molar-refractivity contribution in [1.82, 2.24) is 25.2 Å². The number of rotatable bonds is 7. The highest BCUT2D eigenvalue weighted by Crippen LogP contribution is 2.65. The molecule has 11 nitrogen and oxygen atoms in total. The predicted octanol–water partition coefficient (Wildman–Crippen LogP) is 0.0711. The van der Waals surface area contributed by atoms with Crippen LogP contribution in [0.2, 0.25) is 0 Å². The molecule has 2 amide bonds. The molecule has 0 radical (unpaired) electrons. The van der Waals surface area contributed by atoms with Gasteiger partial charge in [-0.05, 0) is 38.3 Å². The Morgan fingerprint density at radius 3 is 2.85 bits per heavy atom. The second-order valence-corrected chi connectivity index (χ2v) is 9.49. The number of aliphatic hydroxyl groups is 1. The summed E-state index contributed by atoms with van der Waals surface area (Å²) in [6.07, 6.45) is 0.447. The van der Waals surface area contributed by atoms with Crippen molar-refractivity contribution in [3.05, 3.63) is 24.3 Å². The Balaban J connectivity index is 1.47. The first-order chi connectivity index (χ1) is 16.3. The van der Waals surface area contributed by atoms with Crippen LogP contribution in [0.4, 0.5) is 0 Å². The highest BCUT2D eigenvalue weighted by Gasteiger charge is 2.80. The first-order valence-corrected chi connectivity index (χ1v) is 11.6. The van der Waals surface area contributed by atoms with E-state index in [9.17, 15) is 19.5 Å². The third kappa shape index (κ3) is 2.99. The third-order valence-electron chi connectivity index (χ3n) is 7.77. The van der Waals surface area contributed by atoms with Crippen LogP contribution in [0.1, 0.15) is 27.2 Å². The molecule has 2 bridgehead atoms. The zero-order valence-corrected chi connectivity index (χ0v) is 19.4. The highest BCUT2D eigenvalue weighted by atomic mass is 16.6. The molecule has 0 aliphatic carbocycles. The SMILES string of the molecule is CCOC(=O)[C@H]1[C@H]2C(=O)N(CCO)C(C(=O)NCn3nnc4ccccc43)C23CC(C)[C@]1(C)O3. The van der Waals surface area contributed by atoms with Crippen LogP contribution < -0.4 is 5.32 Å². The van der Waals surface area contributed by atoms with Crippen LogP contribution in [0.3, 0.4) is 0 Å². The molecule has 4 heterocycles. The number of benzene rings is 1. The molecule has 3 aliphatic rings. The zero-order chi connectivity index (χ0) is 24.3. The summed E-state index contributed by atoms with van der Waals surface area (Å²) < 4.78 is 13.4. The van der Waals surface area contributed by atoms with Gasteiger partial charge in [-0.15, -0.1) is 5.10 Å². The third-order valence-corrected chi connectivity index (χ3v) is 7.77. The molecule has 3 unspecified atom stereocenters. The summed E-state index contributed by atoms with van der Waals surface area (Å²) in [6, 6.07) is 6.39. The maximum absolute atomic E-state index is 13.6. The van der Waals surface area contributed by atoms with Gasteiger partial charge in [-0.25, -0.2) is 4.68 Å². The molecule has 1 aromatic carbocycles. The van der Waals surface area contributed by atoms with Gasteiger partial charge in [0.2, 0.25) is 11.8 Å². The van der Waals surface area contributed by atoms with Gasteiger partial charge in [-0.3, -0.25) is 14.4 Å². The molecular weight excluding hydrogens is 442 g/mol. The van der Waals surface area contributed by atoms with E-state index in [2.05, 4.69) is 15.6 Å². The Kier molecular flexibility index (Phi) is 5.36. The van der Waals surface area contributed by atoms with Crippen molar-refractivity contribution >= 4 is 28.8 Å². The lowest BCUT2D eigenvalue weighted by atomic mass is 9.62. The number of hydrogen-bond donors (Lipinski definition) is 2. The number of likely N-dealkylation sites (tertiary alicyclic amines) is 1. The summed E-state index contributed by atoms with van der Waals surface area (Å²) in [4.78, 5) is 41.5. The lowest BCUT2D eigenvalue weighted by molar-refractivity contribution is -0.161. The van der Waals surface area contributed by atoms with E-state index in [4.69, 9.17) is 9.47 Å². The number of hydrogen-bond acceptors (Lipinski definition) is 8. The number of para-hydroxylation sites is 1. The van der Waals surface area contributed by atoms with E-state index in [0.717, 1.165) is 5.52 Å². The number of carbonyl (C=O) groups is 3. The van der Waals surface area contributed by atoms with E-state index in [1.165, 1.54) is 4.90 Å². The minimum atomic E-state index is -1.17. The van der Waals surface area contributed by atoms with E-state index < -0.39 is 41.0 Å². The van der Waals surface area contributed by atoms with Crippen LogP contribution >= 0.6 is 0 Å². The van der Waals surface area contributed by atoms with Crippen molar-refractivity contribution in [1.29, 1.82) is 0 Å². The largest absolute Gasteiger partial charge is 0.466 e. The van der Waals surface area contributed by atoms with Gasteiger partial charge in [0.15, 0.2) is 0 Å². The van der Waals surface area contributed by atoms with Gasteiger partial charge < -0.3 is 24.8 Å². The van der Waals surface area contributed by atoms with Crippen molar-refractivity contribution in [3.63, 3.8) is 0 Å². The maximum Gasteiger partial charge on any atom is 0.312 e. The molecule has 0 saturated carbocycles. The number of nitrogens with zero attached hydrogens (tertiary/aromatic N) is 4. The average molecular weight is 472 g/mol. The van der Waals surface area contributed by atoms with Gasteiger partial charge in [-0.2, -0.15) is 0 Å². The molecule has 2 aromatic rings. The Labute approximate surface area is 196 Å². The fraction of sp³-hybridized carbons (Fsp3) is 0.609. The van der Waals surface area contributed by atoms with Crippen LogP contribution in [-0.4, -0.2) is 79.8 Å². The number of aliphatic hydroxyl groups excluding tert-OH is 1. The topological polar surface area (TPSA) is 136 Å². The van der Waals surface area contributed by atoms with Crippen molar-refractivity contribution in [2.24, 2.45) is 17.8 Å². The summed E-state index contributed by atoms with van der Waals surface area (Å²) in [5, 5.41) is 20.7. The Hall–Kier alpha value is -3.05. The molecule has 182 valence electrons. The molecule has 1 aromatic heterocycles. The lowest BCUT2D eigenvalue weighted by Crippen LogP contribution is -2.56. The molecule has 2 N–H and O–H groups in total. The number of β-amino-alcohol motifs (C(OH)–C–C–N with tert-alkyl or cyclic N) is 1. The number of aromatic nitrogens is 3. The molecule has 5 rings (SSSR count). The highest BCUT2D eigenvalue weighted by molar-refractivity contribution is 5.98. The van der Waals surface area contributed by atoms with E-state index in [1.54, 1.807) is 11.6 Å². The quantitative estimate of drug-likeness (QED) is 0.542. The summed E-state index contributed by atoms with van der Waals surface area (Å²) in [7, 11) is 0. The molecule has 1 spiro atoms. The average Bonchev–Trinajstić information content (AvgIpc) is 3.47. The van der Waals surface area contributed by atoms with Crippen LogP contribution in [-0.2, 0) is 30.5 Å². The molecule has 3 saturated heterocycles. The second-order valence-electron chi connectivity index (χ2n) is 9.49. The summed E-state index contributed by atoms with van der Waals surface area (Å²) in [6.45, 7) is 5.38. The van der Waals surface area contributed by atoms with E-state index in [-0.39, 0.29) is 38.3 Å². The van der Waals surface area contributed by atoms with E-state index in [1.807, 2.05) is 38.1 Å². The van der Waals surface area contributed by atoms with Crippen LogP contribution in [0.25, 0.3) is 11.0 Å². The van der Waals surface area contributed by atoms with Crippen molar-refractivity contribution in [2.75, 3.05) is 19.8 Å². The fourth-order valence-corrected chi connectivity index (χ4v) is 6.26. The molecule has 11 heteroatoms. The molecular formula is C23H29N5O6. The number of nitrogens with one attached hydrogen (secondary N) is 1. The predicted molar refractivity (Wildman–Crippen MR) is 118 cm³/mol. The zero-order valence-electron chi connectivity index (χ0n) is 19.4. The fourth-order valence-electron chi connectivity index (χ4n) is 6.26. The normalized spacial score (nSPS) is 34.0. The monoisotopic (exact) mass is 471 g/mol. The molecule has 34 heavy (non-hydrogen) atoms. The van der Waals surface area contributed by atoms with E-state index >= 15 is 0 Å². The van der Waals surface area contributed by atoms with Crippen molar-refractivity contribution in [2.45, 2.75) is 51.1 Å². The van der Waals surface area contributed by atoms with Gasteiger partial charge in [0.25, 0.3) is 0 Å². The number of esters is 1. The number of amides is 2. The van der Waals surface area contributed by atoms with Gasteiger partial charge in [0.05, 0.1) is 30.2 Å². The van der Waals surface area contributed by atoms with Crippen LogP contribution in [0, 0.1) is 17.8 Å². The van der Waals surface area contributed by atoms with E-state index in [0.29, 0.717) is 11.9 Å². The van der Waals surface area contributed by atoms with Gasteiger partial charge in [0.1, 0.15) is 29.7 Å². The second kappa shape index (κ2) is 8.02. The first kappa shape index (κ1) is 22.7. The minimum absolute atomic E-state index is 0.0363. The Bertz CT molecular complexity index is 1150. The van der Waals surface area contributed by atoms with Crippen molar-refractivity contribution < 1.29 is 29.0 Å². The Morgan fingerprint density at radius 1 is 1.35 bits per heavy atom. The first-order valence-electron chi connectivity index (χ1n) is 11.6.